The second-order valence-electron chi connectivity index (χ2n) is 12.5. The van der Waals surface area contributed by atoms with Crippen LogP contribution in [0.15, 0.2) is 24.3 Å². The van der Waals surface area contributed by atoms with E-state index in [0.717, 1.165) is 11.3 Å². The first-order valence-electron chi connectivity index (χ1n) is 15.3. The quantitative estimate of drug-likeness (QED) is 0.463. The van der Waals surface area contributed by atoms with Gasteiger partial charge in [0.05, 0.1) is 24.2 Å². The summed E-state index contributed by atoms with van der Waals surface area (Å²) in [6, 6.07) is 5.05. The van der Waals surface area contributed by atoms with Crippen LogP contribution >= 0.6 is 0 Å². The van der Waals surface area contributed by atoms with E-state index in [0.29, 0.717) is 64.9 Å². The molecular weight excluding hydrogens is 538 g/mol. The molecule has 11 heteroatoms. The highest BCUT2D eigenvalue weighted by Gasteiger charge is 2.52. The number of amides is 4. The van der Waals surface area contributed by atoms with Crippen LogP contribution in [0.5, 0.6) is 5.75 Å². The van der Waals surface area contributed by atoms with Crippen molar-refractivity contribution in [3.05, 3.63) is 29.8 Å². The van der Waals surface area contributed by atoms with E-state index in [4.69, 9.17) is 9.47 Å². The molecular formula is C31H45N5O6. The molecule has 0 aliphatic carbocycles. The third-order valence-corrected chi connectivity index (χ3v) is 9.62. The highest BCUT2D eigenvalue weighted by Crippen LogP contribution is 2.37. The van der Waals surface area contributed by atoms with Crippen LogP contribution in [-0.4, -0.2) is 96.5 Å². The Labute approximate surface area is 248 Å². The zero-order valence-electron chi connectivity index (χ0n) is 25.2. The Morgan fingerprint density at radius 2 is 1.71 bits per heavy atom. The van der Waals surface area contributed by atoms with Crippen LogP contribution < -0.4 is 20.7 Å². The summed E-state index contributed by atoms with van der Waals surface area (Å²) in [5.74, 6) is -0.279. The zero-order valence-corrected chi connectivity index (χ0v) is 25.2. The highest BCUT2D eigenvalue weighted by atomic mass is 16.5. The van der Waals surface area contributed by atoms with Crippen LogP contribution in [-0.2, 0) is 23.9 Å². The Morgan fingerprint density at radius 3 is 2.45 bits per heavy atom. The van der Waals surface area contributed by atoms with Crippen molar-refractivity contribution in [2.45, 2.75) is 95.0 Å². The molecule has 0 saturated carbocycles. The van der Waals surface area contributed by atoms with Crippen molar-refractivity contribution in [3.8, 4) is 5.75 Å². The largest absolute Gasteiger partial charge is 0.493 e. The van der Waals surface area contributed by atoms with Crippen LogP contribution in [0.3, 0.4) is 0 Å². The molecule has 11 nitrogen and oxygen atoms in total. The van der Waals surface area contributed by atoms with Gasteiger partial charge in [-0.05, 0) is 66.0 Å². The third-order valence-electron chi connectivity index (χ3n) is 9.62. The maximum Gasteiger partial charge on any atom is 0.248 e. The molecule has 0 radical (unpaired) electrons. The van der Waals surface area contributed by atoms with E-state index in [2.05, 4.69) is 16.0 Å². The van der Waals surface area contributed by atoms with Crippen molar-refractivity contribution in [3.63, 3.8) is 0 Å². The van der Waals surface area contributed by atoms with Crippen molar-refractivity contribution < 1.29 is 28.7 Å². The molecule has 3 saturated heterocycles. The van der Waals surface area contributed by atoms with Crippen LogP contribution in [0, 0.1) is 5.92 Å². The Bertz CT molecular complexity index is 1180. The SMILES string of the molecule is CN[C@@H](C)C(=O)N[C@@H]1C(=O)N2[C@H](CC[C@H]2C(=O)NC2CCOc3ccccc32)CCN(C(=O)C2CCOCC2)C1(C)C. The van der Waals surface area contributed by atoms with E-state index < -0.39 is 23.7 Å². The molecule has 0 bridgehead atoms. The number of nitrogens with one attached hydrogen (secondary N) is 3. The van der Waals surface area contributed by atoms with Gasteiger partial charge < -0.3 is 35.2 Å². The van der Waals surface area contributed by atoms with Crippen molar-refractivity contribution in [1.29, 1.82) is 0 Å². The van der Waals surface area contributed by atoms with Gasteiger partial charge in [-0.3, -0.25) is 19.2 Å². The molecule has 4 aliphatic rings. The summed E-state index contributed by atoms with van der Waals surface area (Å²) in [4.78, 5) is 58.9. The molecule has 5 rings (SSSR count). The number of para-hydroxylation sites is 1. The number of ether oxygens (including phenoxy) is 2. The smallest absolute Gasteiger partial charge is 0.248 e. The van der Waals surface area contributed by atoms with Gasteiger partial charge in [0.15, 0.2) is 0 Å². The molecule has 4 amide bonds. The summed E-state index contributed by atoms with van der Waals surface area (Å²) in [5, 5.41) is 9.10. The minimum absolute atomic E-state index is 0.00376. The van der Waals surface area contributed by atoms with Gasteiger partial charge in [0, 0.05) is 43.7 Å². The summed E-state index contributed by atoms with van der Waals surface area (Å²) in [5.41, 5.74) is -0.0932. The number of carbonyl (C=O) groups excluding carboxylic acids is 4. The Kier molecular flexibility index (Phi) is 9.08. The highest BCUT2D eigenvalue weighted by molar-refractivity contribution is 5.95. The molecule has 5 atom stereocenters. The molecule has 4 aliphatic heterocycles. The van der Waals surface area contributed by atoms with Crippen molar-refractivity contribution >= 4 is 23.6 Å². The average molecular weight is 584 g/mol. The van der Waals surface area contributed by atoms with Crippen molar-refractivity contribution in [2.75, 3.05) is 33.4 Å². The standard InChI is InChI=1S/C31H45N5O6/c1-19(32-4)27(37)34-26-30(40)36-21(11-15-35(31(26,2)3)29(39)20-12-16-41-17-13-20)9-10-24(36)28(38)33-23-14-18-42-25-8-6-5-7-22(23)25/h5-8,19-21,23-24,26,32H,9-18H2,1-4H3,(H,33,38)(H,34,37)/t19-,21+,23?,24-,26+/m0/s1. The predicted octanol–water partition coefficient (Wildman–Crippen LogP) is 1.52. The summed E-state index contributed by atoms with van der Waals surface area (Å²) < 4.78 is 11.3. The molecule has 230 valence electrons. The zero-order chi connectivity index (χ0) is 30.0. The van der Waals surface area contributed by atoms with Gasteiger partial charge in [-0.1, -0.05) is 18.2 Å². The van der Waals surface area contributed by atoms with Crippen molar-refractivity contribution in [2.24, 2.45) is 5.92 Å². The van der Waals surface area contributed by atoms with Crippen LogP contribution in [0.4, 0.5) is 0 Å². The first-order chi connectivity index (χ1) is 20.1. The molecule has 1 unspecified atom stereocenters. The predicted molar refractivity (Wildman–Crippen MR) is 155 cm³/mol. The van der Waals surface area contributed by atoms with Gasteiger partial charge in [0.2, 0.25) is 23.6 Å². The molecule has 1 aromatic carbocycles. The lowest BCUT2D eigenvalue weighted by Gasteiger charge is -2.49. The Hall–Kier alpha value is -3.18. The van der Waals surface area contributed by atoms with E-state index in [9.17, 15) is 19.2 Å². The van der Waals surface area contributed by atoms with Gasteiger partial charge in [0.25, 0.3) is 0 Å². The minimum Gasteiger partial charge on any atom is -0.493 e. The molecule has 3 N–H and O–H groups in total. The summed E-state index contributed by atoms with van der Waals surface area (Å²) in [6.07, 6.45) is 3.67. The molecule has 0 spiro atoms. The second-order valence-corrected chi connectivity index (χ2v) is 12.5. The summed E-state index contributed by atoms with van der Waals surface area (Å²) in [6.45, 7) is 7.43. The maximum atomic E-state index is 14.5. The van der Waals surface area contributed by atoms with Gasteiger partial charge in [-0.15, -0.1) is 0 Å². The molecule has 3 fully saturated rings. The lowest BCUT2D eigenvalue weighted by molar-refractivity contribution is -0.156. The number of benzene rings is 1. The van der Waals surface area contributed by atoms with Crippen molar-refractivity contribution in [1.82, 2.24) is 25.8 Å². The Balaban J connectivity index is 1.42. The van der Waals surface area contributed by atoms with E-state index >= 15 is 0 Å². The van der Waals surface area contributed by atoms with Crippen LogP contribution in [0.2, 0.25) is 0 Å². The number of hydrogen-bond donors (Lipinski definition) is 3. The maximum absolute atomic E-state index is 14.5. The normalized spacial score (nSPS) is 28.4. The summed E-state index contributed by atoms with van der Waals surface area (Å²) in [7, 11) is 1.68. The van der Waals surface area contributed by atoms with Gasteiger partial charge >= 0.3 is 0 Å². The van der Waals surface area contributed by atoms with Gasteiger partial charge in [0.1, 0.15) is 17.8 Å². The average Bonchev–Trinajstić information content (AvgIpc) is 3.42. The summed E-state index contributed by atoms with van der Waals surface area (Å²) >= 11 is 0. The lowest BCUT2D eigenvalue weighted by Crippen LogP contribution is -2.70. The van der Waals surface area contributed by atoms with E-state index in [1.807, 2.05) is 38.1 Å². The number of carbonyl (C=O) groups is 4. The molecule has 1 aromatic rings. The van der Waals surface area contributed by atoms with Crippen LogP contribution in [0.1, 0.15) is 70.9 Å². The lowest BCUT2D eigenvalue weighted by atomic mass is 9.86. The number of nitrogens with zero attached hydrogens (tertiary/aromatic N) is 2. The monoisotopic (exact) mass is 583 g/mol. The van der Waals surface area contributed by atoms with Gasteiger partial charge in [-0.25, -0.2) is 0 Å². The van der Waals surface area contributed by atoms with E-state index in [-0.39, 0.29) is 41.6 Å². The van der Waals surface area contributed by atoms with Crippen LogP contribution in [0.25, 0.3) is 0 Å². The number of hydrogen-bond acceptors (Lipinski definition) is 7. The first kappa shape index (κ1) is 30.3. The van der Waals surface area contributed by atoms with E-state index in [1.54, 1.807) is 23.8 Å². The fourth-order valence-electron chi connectivity index (χ4n) is 6.89. The molecule has 0 aromatic heterocycles. The third kappa shape index (κ3) is 5.86. The minimum atomic E-state index is -1.02. The fraction of sp³-hybridized carbons (Fsp3) is 0.677. The topological polar surface area (TPSA) is 129 Å². The number of likely N-dealkylation sites (N-methyl/N-ethyl adjacent to an activating group) is 1. The fourth-order valence-corrected chi connectivity index (χ4v) is 6.89. The van der Waals surface area contributed by atoms with E-state index in [1.165, 1.54) is 0 Å². The molecule has 4 heterocycles. The number of rotatable bonds is 6. The second kappa shape index (κ2) is 12.6. The molecule has 42 heavy (non-hydrogen) atoms. The van der Waals surface area contributed by atoms with Gasteiger partial charge in [-0.2, -0.15) is 0 Å². The number of fused-ring (bicyclic) bond motifs is 2. The first-order valence-corrected chi connectivity index (χ1v) is 15.3. The Morgan fingerprint density at radius 1 is 0.976 bits per heavy atom.